The molecule has 0 spiro atoms. The molecule has 4 fully saturated rings. The van der Waals surface area contributed by atoms with Gasteiger partial charge >= 0.3 is 0 Å². The lowest BCUT2D eigenvalue weighted by atomic mass is 9.43. The summed E-state index contributed by atoms with van der Waals surface area (Å²) in [6, 6.07) is 0. The Morgan fingerprint density at radius 2 is 1.88 bits per heavy atom. The van der Waals surface area contributed by atoms with Crippen molar-refractivity contribution in [1.82, 2.24) is 0 Å². The van der Waals surface area contributed by atoms with Gasteiger partial charge in [0.2, 0.25) is 0 Å². The van der Waals surface area contributed by atoms with E-state index >= 15 is 0 Å². The lowest BCUT2D eigenvalue weighted by Crippen LogP contribution is -2.57. The largest absolute Gasteiger partial charge is 0.396 e. The number of carbonyl (C=O) groups is 1. The van der Waals surface area contributed by atoms with E-state index in [1.807, 2.05) is 0 Å². The first-order valence-corrected chi connectivity index (χ1v) is 10.7. The standard InChI is InChI=1S/C22H36O4/c1-21-8-6-16(24)11-15(21)10-14(12-23)20-17-4-5-19(26-13-25-3)22(17,2)9-7-18(20)21/h14-15,17-20,23H,4-13H2,1-3H3/t14-,15-,17-,18-,19-,20-,21-,22-/m0/s1. The average molecular weight is 365 g/mol. The second-order valence-corrected chi connectivity index (χ2v) is 10.1. The highest BCUT2D eigenvalue weighted by Gasteiger charge is 2.62. The first-order valence-electron chi connectivity index (χ1n) is 10.7. The number of aliphatic hydroxyl groups is 1. The van der Waals surface area contributed by atoms with Gasteiger partial charge in [0, 0.05) is 26.6 Å². The molecule has 0 heterocycles. The van der Waals surface area contributed by atoms with E-state index in [-0.39, 0.29) is 23.5 Å². The molecule has 1 N–H and O–H groups in total. The van der Waals surface area contributed by atoms with Crippen molar-refractivity contribution in [3.63, 3.8) is 0 Å². The number of fused-ring (bicyclic) bond motifs is 5. The molecular weight excluding hydrogens is 328 g/mol. The molecule has 26 heavy (non-hydrogen) atoms. The summed E-state index contributed by atoms with van der Waals surface area (Å²) in [7, 11) is 1.69. The predicted octanol–water partition coefficient (Wildman–Crippen LogP) is 3.81. The summed E-state index contributed by atoms with van der Waals surface area (Å²) in [6.07, 6.45) is 8.65. The normalized spacial score (nSPS) is 50.8. The van der Waals surface area contributed by atoms with Crippen molar-refractivity contribution in [2.45, 2.75) is 71.3 Å². The summed E-state index contributed by atoms with van der Waals surface area (Å²) in [5.74, 6) is 3.16. The van der Waals surface area contributed by atoms with E-state index in [0.717, 1.165) is 32.1 Å². The Balaban J connectivity index is 1.62. The molecule has 148 valence electrons. The number of Topliss-reactive ketones (excluding diaryl/α,β-unsaturated/α-hetero) is 1. The molecule has 0 radical (unpaired) electrons. The highest BCUT2D eigenvalue weighted by atomic mass is 16.7. The average Bonchev–Trinajstić information content (AvgIpc) is 2.96. The minimum absolute atomic E-state index is 0.209. The van der Waals surface area contributed by atoms with Crippen LogP contribution in [0.2, 0.25) is 0 Å². The third kappa shape index (κ3) is 2.70. The highest BCUT2D eigenvalue weighted by Crippen LogP contribution is 2.67. The zero-order chi connectivity index (χ0) is 18.5. The molecule has 0 aliphatic heterocycles. The third-order valence-corrected chi connectivity index (χ3v) is 9.20. The van der Waals surface area contributed by atoms with E-state index in [0.29, 0.717) is 42.2 Å². The highest BCUT2D eigenvalue weighted by molar-refractivity contribution is 5.79. The molecule has 0 aromatic heterocycles. The monoisotopic (exact) mass is 364 g/mol. The Kier molecular flexibility index (Phi) is 4.98. The molecule has 4 saturated carbocycles. The summed E-state index contributed by atoms with van der Waals surface area (Å²) >= 11 is 0. The SMILES string of the molecule is COCO[C@H]1CC[C@H]2[C@@H]3[C@H](CO)C[C@H]4CC(=O)CC[C@]4(C)[C@H]3CC[C@]12C. The van der Waals surface area contributed by atoms with Crippen LogP contribution in [-0.2, 0) is 14.3 Å². The van der Waals surface area contributed by atoms with Gasteiger partial charge in [0.1, 0.15) is 12.6 Å². The number of methoxy groups -OCH3 is 1. The van der Waals surface area contributed by atoms with Crippen LogP contribution in [0, 0.1) is 40.4 Å². The van der Waals surface area contributed by atoms with Crippen LogP contribution in [-0.4, -0.2) is 37.5 Å². The Morgan fingerprint density at radius 1 is 1.12 bits per heavy atom. The van der Waals surface area contributed by atoms with Crippen LogP contribution in [0.15, 0.2) is 0 Å². The summed E-state index contributed by atoms with van der Waals surface area (Å²) in [5, 5.41) is 10.2. The molecular formula is C22H36O4. The Bertz CT molecular complexity index is 548. The molecule has 0 amide bonds. The van der Waals surface area contributed by atoms with Crippen LogP contribution in [0.4, 0.5) is 0 Å². The van der Waals surface area contributed by atoms with E-state index in [4.69, 9.17) is 9.47 Å². The smallest absolute Gasteiger partial charge is 0.146 e. The minimum Gasteiger partial charge on any atom is -0.396 e. The molecule has 4 rings (SSSR count). The second kappa shape index (κ2) is 6.86. The molecule has 0 aromatic rings. The summed E-state index contributed by atoms with van der Waals surface area (Å²) in [6.45, 7) is 5.55. The van der Waals surface area contributed by atoms with Gasteiger partial charge in [-0.2, -0.15) is 0 Å². The first kappa shape index (κ1) is 18.9. The van der Waals surface area contributed by atoms with Crippen LogP contribution < -0.4 is 0 Å². The maximum atomic E-state index is 12.1. The Morgan fingerprint density at radius 3 is 2.62 bits per heavy atom. The summed E-state index contributed by atoms with van der Waals surface area (Å²) in [4.78, 5) is 12.1. The van der Waals surface area contributed by atoms with Crippen molar-refractivity contribution < 1.29 is 19.4 Å². The lowest BCUT2D eigenvalue weighted by molar-refractivity contribution is -0.174. The number of ketones is 1. The van der Waals surface area contributed by atoms with Crippen molar-refractivity contribution in [2.24, 2.45) is 40.4 Å². The van der Waals surface area contributed by atoms with Gasteiger partial charge in [-0.3, -0.25) is 4.79 Å². The molecule has 8 atom stereocenters. The quantitative estimate of drug-likeness (QED) is 0.771. The van der Waals surface area contributed by atoms with Gasteiger partial charge in [0.25, 0.3) is 0 Å². The topological polar surface area (TPSA) is 55.8 Å². The van der Waals surface area contributed by atoms with E-state index in [2.05, 4.69) is 13.8 Å². The van der Waals surface area contributed by atoms with Gasteiger partial charge in [-0.1, -0.05) is 13.8 Å². The molecule has 0 saturated heterocycles. The third-order valence-electron chi connectivity index (χ3n) is 9.20. The maximum Gasteiger partial charge on any atom is 0.146 e. The zero-order valence-electron chi connectivity index (χ0n) is 16.7. The fraction of sp³-hybridized carbons (Fsp3) is 0.955. The van der Waals surface area contributed by atoms with Crippen molar-refractivity contribution in [2.75, 3.05) is 20.5 Å². The van der Waals surface area contributed by atoms with Crippen LogP contribution in [0.3, 0.4) is 0 Å². The van der Waals surface area contributed by atoms with Crippen molar-refractivity contribution in [3.05, 3.63) is 0 Å². The molecule has 0 bridgehead atoms. The van der Waals surface area contributed by atoms with Crippen LogP contribution >= 0.6 is 0 Å². The van der Waals surface area contributed by atoms with E-state index in [1.165, 1.54) is 19.3 Å². The molecule has 0 unspecified atom stereocenters. The molecule has 4 nitrogen and oxygen atoms in total. The fourth-order valence-electron chi connectivity index (χ4n) is 7.78. The van der Waals surface area contributed by atoms with Gasteiger partial charge in [-0.15, -0.1) is 0 Å². The van der Waals surface area contributed by atoms with Gasteiger partial charge in [0.05, 0.1) is 6.10 Å². The second-order valence-electron chi connectivity index (χ2n) is 10.1. The summed E-state index contributed by atoms with van der Waals surface area (Å²) in [5.41, 5.74) is 0.498. The van der Waals surface area contributed by atoms with Gasteiger partial charge < -0.3 is 14.6 Å². The van der Waals surface area contributed by atoms with E-state index < -0.39 is 0 Å². The lowest BCUT2D eigenvalue weighted by Gasteiger charge is -2.62. The first-order chi connectivity index (χ1) is 12.4. The zero-order valence-corrected chi connectivity index (χ0v) is 16.7. The van der Waals surface area contributed by atoms with Gasteiger partial charge in [-0.25, -0.2) is 0 Å². The number of aliphatic hydroxyl groups excluding tert-OH is 1. The molecule has 4 heteroatoms. The van der Waals surface area contributed by atoms with Gasteiger partial charge in [0.15, 0.2) is 0 Å². The van der Waals surface area contributed by atoms with Crippen LogP contribution in [0.25, 0.3) is 0 Å². The number of rotatable bonds is 4. The molecule has 0 aromatic carbocycles. The predicted molar refractivity (Wildman–Crippen MR) is 99.4 cm³/mol. The maximum absolute atomic E-state index is 12.1. The molecule has 4 aliphatic rings. The number of hydrogen-bond acceptors (Lipinski definition) is 4. The van der Waals surface area contributed by atoms with E-state index in [9.17, 15) is 9.90 Å². The van der Waals surface area contributed by atoms with Crippen molar-refractivity contribution >= 4 is 5.78 Å². The van der Waals surface area contributed by atoms with Crippen LogP contribution in [0.1, 0.15) is 65.2 Å². The van der Waals surface area contributed by atoms with E-state index in [1.54, 1.807) is 7.11 Å². The summed E-state index contributed by atoms with van der Waals surface area (Å²) < 4.78 is 11.3. The van der Waals surface area contributed by atoms with Crippen molar-refractivity contribution in [3.8, 4) is 0 Å². The Hall–Kier alpha value is -0.450. The molecule has 4 aliphatic carbocycles. The van der Waals surface area contributed by atoms with Gasteiger partial charge in [-0.05, 0) is 78.9 Å². The number of carbonyl (C=O) groups excluding carboxylic acids is 1. The minimum atomic E-state index is 0.209. The number of ether oxygens (including phenoxy) is 2. The fourth-order valence-corrected chi connectivity index (χ4v) is 7.78. The Labute approximate surface area is 158 Å². The van der Waals surface area contributed by atoms with Crippen molar-refractivity contribution in [1.29, 1.82) is 0 Å². The number of hydrogen-bond donors (Lipinski definition) is 1. The van der Waals surface area contributed by atoms with Crippen LogP contribution in [0.5, 0.6) is 0 Å².